The van der Waals surface area contributed by atoms with E-state index in [1.54, 1.807) is 0 Å². The monoisotopic (exact) mass is 205 g/mol. The predicted molar refractivity (Wildman–Crippen MR) is 56.6 cm³/mol. The third kappa shape index (κ3) is 1.02. The van der Waals surface area contributed by atoms with Crippen molar-refractivity contribution in [3.63, 3.8) is 0 Å². The van der Waals surface area contributed by atoms with E-state index in [-0.39, 0.29) is 12.0 Å². The Hall–Kier alpha value is -1.06. The van der Waals surface area contributed by atoms with Gasteiger partial charge >= 0.3 is 0 Å². The Morgan fingerprint density at radius 3 is 2.73 bits per heavy atom. The third-order valence-corrected chi connectivity index (χ3v) is 3.86. The summed E-state index contributed by atoms with van der Waals surface area (Å²) >= 11 is 0. The Kier molecular flexibility index (Phi) is 1.68. The lowest BCUT2D eigenvalue weighted by Gasteiger charge is -2.41. The topological polar surface area (TPSA) is 55.5 Å². The first-order chi connectivity index (χ1) is 7.22. The molecule has 3 heteroatoms. The lowest BCUT2D eigenvalue weighted by Crippen LogP contribution is -2.49. The van der Waals surface area contributed by atoms with Gasteiger partial charge in [0.15, 0.2) is 0 Å². The first-order valence-corrected chi connectivity index (χ1v) is 5.37. The van der Waals surface area contributed by atoms with Gasteiger partial charge in [-0.3, -0.25) is 0 Å². The molecule has 0 amide bonds. The maximum atomic E-state index is 10.7. The number of para-hydroxylation sites is 1. The molecular formula is C12H15NO2. The van der Waals surface area contributed by atoms with Gasteiger partial charge in [0, 0.05) is 17.5 Å². The number of hydrogen-bond acceptors (Lipinski definition) is 3. The number of rotatable bonds is 1. The largest absolute Gasteiger partial charge is 0.492 e. The van der Waals surface area contributed by atoms with Crippen molar-refractivity contribution >= 4 is 0 Å². The van der Waals surface area contributed by atoms with Crippen molar-refractivity contribution in [3.8, 4) is 5.75 Å². The lowest BCUT2D eigenvalue weighted by molar-refractivity contribution is -0.0669. The molecule has 1 aliphatic carbocycles. The Bertz CT molecular complexity index is 400. The van der Waals surface area contributed by atoms with Crippen LogP contribution in [-0.4, -0.2) is 18.3 Å². The second kappa shape index (κ2) is 2.74. The molecule has 15 heavy (non-hydrogen) atoms. The highest BCUT2D eigenvalue weighted by Gasteiger charge is 2.62. The molecule has 2 aliphatic rings. The SMILES string of the molecule is NCC1(O)c2ccccc2OCC12CC2. The third-order valence-electron chi connectivity index (χ3n) is 3.86. The van der Waals surface area contributed by atoms with Crippen molar-refractivity contribution in [2.24, 2.45) is 11.1 Å². The molecule has 80 valence electrons. The summed E-state index contributed by atoms with van der Waals surface area (Å²) in [6.45, 7) is 0.866. The molecule has 0 saturated heterocycles. The van der Waals surface area contributed by atoms with E-state index in [1.807, 2.05) is 24.3 Å². The molecule has 1 unspecified atom stereocenters. The maximum absolute atomic E-state index is 10.7. The van der Waals surface area contributed by atoms with Crippen LogP contribution in [0.2, 0.25) is 0 Å². The van der Waals surface area contributed by atoms with Crippen molar-refractivity contribution in [1.29, 1.82) is 0 Å². The van der Waals surface area contributed by atoms with Gasteiger partial charge < -0.3 is 15.6 Å². The van der Waals surface area contributed by atoms with Gasteiger partial charge in [0.1, 0.15) is 11.4 Å². The van der Waals surface area contributed by atoms with Crippen molar-refractivity contribution < 1.29 is 9.84 Å². The molecule has 1 saturated carbocycles. The fraction of sp³-hybridized carbons (Fsp3) is 0.500. The highest BCUT2D eigenvalue weighted by atomic mass is 16.5. The van der Waals surface area contributed by atoms with Crippen molar-refractivity contribution in [2.75, 3.05) is 13.2 Å². The summed E-state index contributed by atoms with van der Waals surface area (Å²) < 4.78 is 5.68. The van der Waals surface area contributed by atoms with Crippen LogP contribution < -0.4 is 10.5 Å². The molecule has 3 nitrogen and oxygen atoms in total. The Morgan fingerprint density at radius 2 is 2.07 bits per heavy atom. The number of benzene rings is 1. The molecule has 0 aromatic heterocycles. The highest BCUT2D eigenvalue weighted by Crippen LogP contribution is 2.61. The molecule has 1 atom stereocenters. The number of hydrogen-bond donors (Lipinski definition) is 2. The van der Waals surface area contributed by atoms with Crippen molar-refractivity contribution in [3.05, 3.63) is 29.8 Å². The summed E-state index contributed by atoms with van der Waals surface area (Å²) in [5.41, 5.74) is 5.62. The standard InChI is InChI=1S/C12H15NO2/c13-7-12(14)9-3-1-2-4-10(9)15-8-11(12)5-6-11/h1-4,14H,5-8,13H2. The average molecular weight is 205 g/mol. The summed E-state index contributed by atoms with van der Waals surface area (Å²) in [5, 5.41) is 10.7. The number of ether oxygens (including phenoxy) is 1. The van der Waals surface area contributed by atoms with Crippen LogP contribution >= 0.6 is 0 Å². The van der Waals surface area contributed by atoms with E-state index in [4.69, 9.17) is 10.5 Å². The van der Waals surface area contributed by atoms with Gasteiger partial charge in [-0.05, 0) is 18.9 Å². The number of nitrogens with two attached hydrogens (primary N) is 1. The van der Waals surface area contributed by atoms with Gasteiger partial charge in [-0.15, -0.1) is 0 Å². The quantitative estimate of drug-likeness (QED) is 0.719. The Balaban J connectivity index is 2.16. The summed E-state index contributed by atoms with van der Waals surface area (Å²) in [6, 6.07) is 7.65. The second-order valence-corrected chi connectivity index (χ2v) is 4.63. The molecule has 1 aromatic carbocycles. The van der Waals surface area contributed by atoms with Gasteiger partial charge in [0.05, 0.1) is 6.61 Å². The molecule has 1 aliphatic heterocycles. The van der Waals surface area contributed by atoms with E-state index in [0.717, 1.165) is 24.2 Å². The van der Waals surface area contributed by atoms with Crippen molar-refractivity contribution in [1.82, 2.24) is 0 Å². The zero-order chi connectivity index (χ0) is 10.5. The van der Waals surface area contributed by atoms with E-state index in [1.165, 1.54) is 0 Å². The fourth-order valence-electron chi connectivity index (χ4n) is 2.59. The molecule has 0 radical (unpaired) electrons. The summed E-state index contributed by atoms with van der Waals surface area (Å²) in [6.07, 6.45) is 2.02. The molecule has 1 aromatic rings. The molecule has 0 bridgehead atoms. The molecule has 1 spiro atoms. The van der Waals surface area contributed by atoms with Crippen LogP contribution in [-0.2, 0) is 5.60 Å². The smallest absolute Gasteiger partial charge is 0.125 e. The highest BCUT2D eigenvalue weighted by molar-refractivity contribution is 5.43. The lowest BCUT2D eigenvalue weighted by atomic mass is 9.77. The molecular weight excluding hydrogens is 190 g/mol. The van der Waals surface area contributed by atoms with Crippen LogP contribution in [0.3, 0.4) is 0 Å². The maximum Gasteiger partial charge on any atom is 0.125 e. The fourth-order valence-corrected chi connectivity index (χ4v) is 2.59. The van der Waals surface area contributed by atoms with Crippen LogP contribution in [0.15, 0.2) is 24.3 Å². The minimum absolute atomic E-state index is 0.115. The summed E-state index contributed by atoms with van der Waals surface area (Å²) in [7, 11) is 0. The molecule has 3 rings (SSSR count). The minimum Gasteiger partial charge on any atom is -0.492 e. The normalized spacial score (nSPS) is 30.8. The number of fused-ring (bicyclic) bond motifs is 1. The summed E-state index contributed by atoms with van der Waals surface area (Å²) in [5.74, 6) is 0.781. The van der Waals surface area contributed by atoms with E-state index < -0.39 is 5.60 Å². The van der Waals surface area contributed by atoms with Gasteiger partial charge in [0.25, 0.3) is 0 Å². The van der Waals surface area contributed by atoms with E-state index in [2.05, 4.69) is 0 Å². The summed E-state index contributed by atoms with van der Waals surface area (Å²) in [4.78, 5) is 0. The first kappa shape index (κ1) is 9.19. The zero-order valence-electron chi connectivity index (χ0n) is 8.57. The van der Waals surface area contributed by atoms with Crippen LogP contribution in [0.5, 0.6) is 5.75 Å². The van der Waals surface area contributed by atoms with Gasteiger partial charge in [-0.1, -0.05) is 18.2 Å². The van der Waals surface area contributed by atoms with Crippen LogP contribution in [0.1, 0.15) is 18.4 Å². The minimum atomic E-state index is -0.887. The van der Waals surface area contributed by atoms with Crippen LogP contribution in [0.4, 0.5) is 0 Å². The van der Waals surface area contributed by atoms with E-state index in [9.17, 15) is 5.11 Å². The molecule has 3 N–H and O–H groups in total. The van der Waals surface area contributed by atoms with Crippen LogP contribution in [0, 0.1) is 5.41 Å². The first-order valence-electron chi connectivity index (χ1n) is 5.37. The van der Waals surface area contributed by atoms with Gasteiger partial charge in [-0.2, -0.15) is 0 Å². The zero-order valence-corrected chi connectivity index (χ0v) is 8.57. The Morgan fingerprint density at radius 1 is 1.33 bits per heavy atom. The van der Waals surface area contributed by atoms with E-state index >= 15 is 0 Å². The van der Waals surface area contributed by atoms with Crippen LogP contribution in [0.25, 0.3) is 0 Å². The molecule has 1 heterocycles. The molecule has 1 fully saturated rings. The number of aliphatic hydroxyl groups is 1. The van der Waals surface area contributed by atoms with Crippen molar-refractivity contribution in [2.45, 2.75) is 18.4 Å². The van der Waals surface area contributed by atoms with E-state index in [0.29, 0.717) is 6.61 Å². The van der Waals surface area contributed by atoms with Gasteiger partial charge in [0.2, 0.25) is 0 Å². The predicted octanol–water partition coefficient (Wildman–Crippen LogP) is 1.01. The Labute approximate surface area is 88.9 Å². The van der Waals surface area contributed by atoms with Gasteiger partial charge in [-0.25, -0.2) is 0 Å². The second-order valence-electron chi connectivity index (χ2n) is 4.63. The average Bonchev–Trinajstić information content (AvgIpc) is 3.06.